The summed E-state index contributed by atoms with van der Waals surface area (Å²) in [6, 6.07) is 4.00. The van der Waals surface area contributed by atoms with Crippen LogP contribution in [0.5, 0.6) is 0 Å². The number of thiocarbonyl (C=S) groups is 1. The molecule has 1 aliphatic heterocycles. The Labute approximate surface area is 117 Å². The van der Waals surface area contributed by atoms with Crippen LogP contribution >= 0.6 is 12.2 Å². The average molecular weight is 272 g/mol. The summed E-state index contributed by atoms with van der Waals surface area (Å²) < 4.78 is 0. The first kappa shape index (κ1) is 12.2. The van der Waals surface area contributed by atoms with Gasteiger partial charge in [0.25, 0.3) is 0 Å². The molecule has 98 valence electrons. The van der Waals surface area contributed by atoms with Crippen LogP contribution in [0.3, 0.4) is 0 Å². The second kappa shape index (κ2) is 5.01. The summed E-state index contributed by atoms with van der Waals surface area (Å²) in [6.07, 6.45) is 7.12. The maximum absolute atomic E-state index is 5.26. The molecule has 0 saturated carbocycles. The first-order chi connectivity index (χ1) is 9.29. The van der Waals surface area contributed by atoms with Crippen molar-refractivity contribution in [3.63, 3.8) is 0 Å². The molecule has 0 aliphatic carbocycles. The van der Waals surface area contributed by atoms with Crippen molar-refractivity contribution in [2.45, 2.75) is 6.42 Å². The van der Waals surface area contributed by atoms with Crippen LogP contribution in [0.1, 0.15) is 12.0 Å². The quantitative estimate of drug-likeness (QED) is 0.781. The molecule has 0 atom stereocenters. The molecule has 0 spiro atoms. The van der Waals surface area contributed by atoms with Gasteiger partial charge in [0, 0.05) is 38.1 Å². The molecule has 2 aromatic heterocycles. The van der Waals surface area contributed by atoms with Gasteiger partial charge in [0.2, 0.25) is 0 Å². The Bertz CT molecular complexity index is 644. The molecule has 1 aliphatic rings. The monoisotopic (exact) mass is 272 g/mol. The van der Waals surface area contributed by atoms with E-state index in [9.17, 15) is 0 Å². The zero-order chi connectivity index (χ0) is 13.2. The lowest BCUT2D eigenvalue weighted by Crippen LogP contribution is -2.40. The van der Waals surface area contributed by atoms with Gasteiger partial charge in [-0.05, 0) is 36.3 Å². The molecule has 2 aromatic rings. The number of hydrogen-bond donors (Lipinski definition) is 2. The normalized spacial score (nSPS) is 15.4. The standard InChI is InChI=1S/C14H16N4S/c1-15-14(19)18-7-4-10(5-8-18)11-9-17-12-3-2-6-16-13(11)12/h2-4,6,9,17H,5,7-8H2,1H3,(H,15,19). The Hall–Kier alpha value is -1.88. The van der Waals surface area contributed by atoms with E-state index in [4.69, 9.17) is 12.2 Å². The topological polar surface area (TPSA) is 44.0 Å². The predicted molar refractivity (Wildman–Crippen MR) is 81.9 cm³/mol. The fraction of sp³-hybridized carbons (Fsp3) is 0.286. The zero-order valence-corrected chi connectivity index (χ0v) is 11.6. The lowest BCUT2D eigenvalue weighted by atomic mass is 10.0. The van der Waals surface area contributed by atoms with Gasteiger partial charge in [-0.25, -0.2) is 0 Å². The first-order valence-corrected chi connectivity index (χ1v) is 6.78. The van der Waals surface area contributed by atoms with Crippen molar-refractivity contribution in [1.82, 2.24) is 20.2 Å². The summed E-state index contributed by atoms with van der Waals surface area (Å²) in [4.78, 5) is 9.91. The van der Waals surface area contributed by atoms with E-state index >= 15 is 0 Å². The second-order valence-electron chi connectivity index (χ2n) is 4.58. The van der Waals surface area contributed by atoms with E-state index in [0.29, 0.717) is 0 Å². The molecule has 0 unspecified atom stereocenters. The molecule has 0 bridgehead atoms. The molecule has 3 heterocycles. The molecule has 0 amide bonds. The summed E-state index contributed by atoms with van der Waals surface area (Å²) in [5.74, 6) is 0. The van der Waals surface area contributed by atoms with Crippen molar-refractivity contribution in [2.75, 3.05) is 20.1 Å². The third-order valence-corrected chi connectivity index (χ3v) is 3.95. The van der Waals surface area contributed by atoms with Crippen LogP contribution in [0.25, 0.3) is 16.6 Å². The van der Waals surface area contributed by atoms with E-state index in [1.165, 1.54) is 11.1 Å². The fourth-order valence-electron chi connectivity index (χ4n) is 2.46. The largest absolute Gasteiger partial charge is 0.366 e. The molecular formula is C14H16N4S. The molecule has 0 fully saturated rings. The molecule has 0 radical (unpaired) electrons. The fourth-order valence-corrected chi connectivity index (χ4v) is 2.62. The van der Waals surface area contributed by atoms with Crippen molar-refractivity contribution < 1.29 is 0 Å². The molecular weight excluding hydrogens is 256 g/mol. The van der Waals surface area contributed by atoms with Gasteiger partial charge in [-0.1, -0.05) is 6.08 Å². The van der Waals surface area contributed by atoms with E-state index in [2.05, 4.69) is 38.5 Å². The number of rotatable bonds is 1. The van der Waals surface area contributed by atoms with E-state index < -0.39 is 0 Å². The molecule has 5 heteroatoms. The van der Waals surface area contributed by atoms with Crippen LogP contribution in [0.2, 0.25) is 0 Å². The molecule has 4 nitrogen and oxygen atoms in total. The van der Waals surface area contributed by atoms with Gasteiger partial charge in [0.15, 0.2) is 5.11 Å². The van der Waals surface area contributed by atoms with Crippen molar-refractivity contribution in [2.24, 2.45) is 0 Å². The number of nitrogens with one attached hydrogen (secondary N) is 2. The Morgan fingerprint density at radius 1 is 1.53 bits per heavy atom. The van der Waals surface area contributed by atoms with E-state index in [1.807, 2.05) is 19.3 Å². The number of aromatic nitrogens is 2. The second-order valence-corrected chi connectivity index (χ2v) is 4.97. The number of pyridine rings is 1. The predicted octanol–water partition coefficient (Wildman–Crippen LogP) is 2.16. The van der Waals surface area contributed by atoms with E-state index in [-0.39, 0.29) is 0 Å². The number of aromatic amines is 1. The van der Waals surface area contributed by atoms with Gasteiger partial charge in [-0.3, -0.25) is 4.98 Å². The van der Waals surface area contributed by atoms with Gasteiger partial charge in [0.05, 0.1) is 11.0 Å². The third kappa shape index (κ3) is 2.21. The molecule has 0 saturated heterocycles. The van der Waals surface area contributed by atoms with Crippen molar-refractivity contribution in [1.29, 1.82) is 0 Å². The Morgan fingerprint density at radius 3 is 3.16 bits per heavy atom. The molecule has 3 rings (SSSR count). The summed E-state index contributed by atoms with van der Waals surface area (Å²) in [6.45, 7) is 1.81. The molecule has 0 aromatic carbocycles. The van der Waals surface area contributed by atoms with Crippen molar-refractivity contribution in [3.8, 4) is 0 Å². The SMILES string of the molecule is CNC(=S)N1CC=C(c2c[nH]c3cccnc23)CC1. The van der Waals surface area contributed by atoms with Gasteiger partial charge in [0.1, 0.15) is 0 Å². The number of fused-ring (bicyclic) bond motifs is 1. The number of nitrogens with zero attached hydrogens (tertiary/aromatic N) is 2. The van der Waals surface area contributed by atoms with E-state index in [1.54, 1.807) is 0 Å². The summed E-state index contributed by atoms with van der Waals surface area (Å²) in [7, 11) is 1.87. The van der Waals surface area contributed by atoms with Crippen LogP contribution < -0.4 is 5.32 Å². The lowest BCUT2D eigenvalue weighted by Gasteiger charge is -2.28. The van der Waals surface area contributed by atoms with Gasteiger partial charge in [-0.2, -0.15) is 0 Å². The highest BCUT2D eigenvalue weighted by Gasteiger charge is 2.16. The maximum Gasteiger partial charge on any atom is 0.168 e. The minimum atomic E-state index is 0.812. The van der Waals surface area contributed by atoms with Gasteiger partial charge >= 0.3 is 0 Å². The highest BCUT2D eigenvalue weighted by atomic mass is 32.1. The Morgan fingerprint density at radius 2 is 2.42 bits per heavy atom. The van der Waals surface area contributed by atoms with Crippen LogP contribution in [-0.2, 0) is 0 Å². The lowest BCUT2D eigenvalue weighted by molar-refractivity contribution is 0.455. The van der Waals surface area contributed by atoms with Crippen molar-refractivity contribution >= 4 is 33.9 Å². The molecule has 19 heavy (non-hydrogen) atoms. The van der Waals surface area contributed by atoms with Crippen LogP contribution in [0.15, 0.2) is 30.6 Å². The first-order valence-electron chi connectivity index (χ1n) is 6.38. The maximum atomic E-state index is 5.26. The minimum Gasteiger partial charge on any atom is -0.366 e. The smallest absolute Gasteiger partial charge is 0.168 e. The number of hydrogen-bond acceptors (Lipinski definition) is 2. The summed E-state index contributed by atoms with van der Waals surface area (Å²) in [5, 5.41) is 3.84. The van der Waals surface area contributed by atoms with Crippen molar-refractivity contribution in [3.05, 3.63) is 36.2 Å². The van der Waals surface area contributed by atoms with Crippen LogP contribution in [0, 0.1) is 0 Å². The van der Waals surface area contributed by atoms with Gasteiger partial charge < -0.3 is 15.2 Å². The Kier molecular flexibility index (Phi) is 3.21. The minimum absolute atomic E-state index is 0.812. The average Bonchev–Trinajstić information content (AvgIpc) is 2.90. The molecule has 2 N–H and O–H groups in total. The van der Waals surface area contributed by atoms with Crippen LogP contribution in [-0.4, -0.2) is 40.1 Å². The summed E-state index contributed by atoms with van der Waals surface area (Å²) >= 11 is 5.26. The van der Waals surface area contributed by atoms with Gasteiger partial charge in [-0.15, -0.1) is 0 Å². The third-order valence-electron chi connectivity index (χ3n) is 3.49. The zero-order valence-electron chi connectivity index (χ0n) is 10.8. The highest BCUT2D eigenvalue weighted by molar-refractivity contribution is 7.80. The number of H-pyrrole nitrogens is 1. The highest BCUT2D eigenvalue weighted by Crippen LogP contribution is 2.27. The van der Waals surface area contributed by atoms with E-state index in [0.717, 1.165) is 35.7 Å². The Balaban J connectivity index is 1.88. The summed E-state index contributed by atoms with van der Waals surface area (Å²) in [5.41, 5.74) is 4.70. The van der Waals surface area contributed by atoms with Crippen LogP contribution in [0.4, 0.5) is 0 Å².